The molecule has 4 heterocycles. The average Bonchev–Trinajstić information content (AvgIpc) is 3.80. The van der Waals surface area contributed by atoms with Crippen LogP contribution in [0, 0.1) is 11.8 Å². The van der Waals surface area contributed by atoms with Gasteiger partial charge >= 0.3 is 18.2 Å². The second kappa shape index (κ2) is 16.2. The maximum absolute atomic E-state index is 13.5. The Kier molecular flexibility index (Phi) is 11.5. The number of carbonyl (C=O) groups is 3. The molecule has 5 aliphatic rings. The van der Waals surface area contributed by atoms with Crippen LogP contribution in [0.3, 0.4) is 0 Å². The summed E-state index contributed by atoms with van der Waals surface area (Å²) < 4.78 is 52.7. The third-order valence-electron chi connectivity index (χ3n) is 11.5. The maximum atomic E-state index is 13.5. The Labute approximate surface area is 325 Å². The minimum Gasteiger partial charge on any atom is -0.493 e. The number of carbonyl (C=O) groups excluding carboxylic acids is 3. The molecule has 0 saturated carbocycles. The van der Waals surface area contributed by atoms with Crippen LogP contribution in [0.5, 0.6) is 28.7 Å². The van der Waals surface area contributed by atoms with Crippen LogP contribution in [-0.4, -0.2) is 136 Å². The largest absolute Gasteiger partial charge is 0.493 e. The van der Waals surface area contributed by atoms with E-state index in [-0.39, 0.29) is 80.4 Å². The Morgan fingerprint density at radius 1 is 0.929 bits per heavy atom. The second-order valence-electron chi connectivity index (χ2n) is 15.5. The van der Waals surface area contributed by atoms with Crippen molar-refractivity contribution in [2.75, 3.05) is 54.8 Å². The Morgan fingerprint density at radius 3 is 2.30 bits per heavy atom. The van der Waals surface area contributed by atoms with Crippen LogP contribution in [-0.2, 0) is 36.6 Å². The average molecular weight is 785 g/mol. The minimum absolute atomic E-state index is 0.00754. The molecule has 306 valence electrons. The fourth-order valence-corrected chi connectivity index (χ4v) is 8.57. The summed E-state index contributed by atoms with van der Waals surface area (Å²) in [6, 6.07) is 5.34. The first-order valence-electron chi connectivity index (χ1n) is 19.2. The van der Waals surface area contributed by atoms with Crippen molar-refractivity contribution >= 4 is 18.2 Å². The van der Waals surface area contributed by atoms with Gasteiger partial charge in [-0.25, -0.2) is 9.59 Å². The SMILES string of the molecule is COc1cc([C@@H]2c3cc4c(c(C[C@@H]5O[C@@H]6CCC(C)O[C@H]6[C@H](O)[C@H]5O)c3C[C@H]3COC(=O)C32)OCO4)cc(OC)c1OC(=O)N(C)CCN(C)C(=O)OC(C)C. The van der Waals surface area contributed by atoms with Crippen LogP contribution >= 0.6 is 0 Å². The van der Waals surface area contributed by atoms with E-state index in [4.69, 9.17) is 42.6 Å². The van der Waals surface area contributed by atoms with Gasteiger partial charge in [-0.05, 0) is 74.9 Å². The fraction of sp³-hybridized carbons (Fsp3) is 0.625. The quantitative estimate of drug-likeness (QED) is 0.335. The Bertz CT molecular complexity index is 1790. The number of fused-ring (bicyclic) bond motifs is 4. The van der Waals surface area contributed by atoms with Crippen LogP contribution in [0.25, 0.3) is 0 Å². The van der Waals surface area contributed by atoms with Crippen molar-refractivity contribution in [3.63, 3.8) is 0 Å². The number of aliphatic hydroxyl groups excluding tert-OH is 2. The van der Waals surface area contributed by atoms with Crippen molar-refractivity contribution in [1.29, 1.82) is 0 Å². The highest BCUT2D eigenvalue weighted by Crippen LogP contribution is 2.54. The van der Waals surface area contributed by atoms with Gasteiger partial charge in [0.15, 0.2) is 23.0 Å². The third-order valence-corrected chi connectivity index (χ3v) is 11.5. The molecule has 0 aromatic heterocycles. The normalized spacial score (nSPS) is 28.8. The molecule has 3 fully saturated rings. The van der Waals surface area contributed by atoms with Crippen LogP contribution in [0.15, 0.2) is 18.2 Å². The van der Waals surface area contributed by atoms with E-state index in [1.165, 1.54) is 24.0 Å². The van der Waals surface area contributed by atoms with Gasteiger partial charge < -0.3 is 62.6 Å². The smallest absolute Gasteiger partial charge is 0.415 e. The number of hydrogen-bond donors (Lipinski definition) is 2. The molecule has 2 aromatic carbocycles. The summed E-state index contributed by atoms with van der Waals surface area (Å²) >= 11 is 0. The van der Waals surface area contributed by atoms with Gasteiger partial charge in [0.1, 0.15) is 18.3 Å². The number of aliphatic hydroxyl groups is 2. The highest BCUT2D eigenvalue weighted by molar-refractivity contribution is 5.79. The van der Waals surface area contributed by atoms with E-state index in [0.29, 0.717) is 29.9 Å². The molecule has 2 aromatic rings. The van der Waals surface area contributed by atoms with Crippen molar-refractivity contribution in [1.82, 2.24) is 9.80 Å². The van der Waals surface area contributed by atoms with Crippen molar-refractivity contribution in [2.45, 2.75) is 95.1 Å². The van der Waals surface area contributed by atoms with E-state index in [1.54, 1.807) is 40.1 Å². The Hall–Kier alpha value is -4.51. The molecule has 2 amide bonds. The maximum Gasteiger partial charge on any atom is 0.415 e. The molecule has 56 heavy (non-hydrogen) atoms. The Balaban J connectivity index is 1.21. The first kappa shape index (κ1) is 39.7. The molecule has 0 spiro atoms. The summed E-state index contributed by atoms with van der Waals surface area (Å²) in [4.78, 5) is 41.8. The number of cyclic esters (lactones) is 1. The Morgan fingerprint density at radius 2 is 1.62 bits per heavy atom. The molecule has 0 radical (unpaired) electrons. The summed E-state index contributed by atoms with van der Waals surface area (Å²) in [6.07, 6.45) is -3.47. The zero-order valence-electron chi connectivity index (χ0n) is 32.9. The molecular weight excluding hydrogens is 732 g/mol. The summed E-state index contributed by atoms with van der Waals surface area (Å²) in [6.45, 7) is 6.02. The van der Waals surface area contributed by atoms with E-state index >= 15 is 0 Å². The molecule has 0 bridgehead atoms. The molecule has 16 heteroatoms. The summed E-state index contributed by atoms with van der Waals surface area (Å²) in [5.41, 5.74) is 3.14. The van der Waals surface area contributed by atoms with Gasteiger partial charge in [-0.3, -0.25) is 4.79 Å². The molecule has 2 N–H and O–H groups in total. The van der Waals surface area contributed by atoms with Crippen LogP contribution in [0.1, 0.15) is 61.8 Å². The standard InChI is InChI=1S/C40H52N2O14/c1-19(2)53-39(46)41(4)10-11-42(5)40(47)56-36-28(48-6)13-21(14-29(36)49-7)31-24-15-30-35(52-18-51-30)25(23(24)12-22-17-50-38(45)32(22)31)16-27-33(43)34(44)37-26(55-27)9-8-20(3)54-37/h13-15,19-20,22,26-27,31-34,37,43-44H,8-12,16-18H2,1-7H3/t20?,22-,26+,27-,31+,32?,33-,34+,37+/m0/s1. The number of nitrogens with zero attached hydrogens (tertiary/aromatic N) is 2. The van der Waals surface area contributed by atoms with E-state index in [0.717, 1.165) is 23.1 Å². The van der Waals surface area contributed by atoms with Gasteiger partial charge in [-0.1, -0.05) is 0 Å². The third kappa shape index (κ3) is 7.51. The molecule has 2 unspecified atom stereocenters. The zero-order chi connectivity index (χ0) is 40.0. The van der Waals surface area contributed by atoms with Gasteiger partial charge in [0.2, 0.25) is 12.5 Å². The number of rotatable bonds is 10. The lowest BCUT2D eigenvalue weighted by Gasteiger charge is -2.46. The minimum atomic E-state index is -1.22. The van der Waals surface area contributed by atoms with E-state index < -0.39 is 48.4 Å². The number of methoxy groups -OCH3 is 2. The van der Waals surface area contributed by atoms with Gasteiger partial charge in [0.25, 0.3) is 0 Å². The molecular formula is C40H52N2O14. The number of amides is 2. The molecule has 16 nitrogen and oxygen atoms in total. The topological polar surface area (TPSA) is 181 Å². The monoisotopic (exact) mass is 784 g/mol. The predicted octanol–water partition coefficient (Wildman–Crippen LogP) is 3.42. The van der Waals surface area contributed by atoms with Crippen molar-refractivity contribution < 1.29 is 67.2 Å². The molecule has 7 rings (SSSR count). The van der Waals surface area contributed by atoms with Gasteiger partial charge in [-0.2, -0.15) is 0 Å². The second-order valence-corrected chi connectivity index (χ2v) is 15.5. The van der Waals surface area contributed by atoms with Gasteiger partial charge in [0, 0.05) is 51.0 Å². The van der Waals surface area contributed by atoms with E-state index in [1.807, 2.05) is 13.0 Å². The first-order chi connectivity index (χ1) is 26.8. The lowest BCUT2D eigenvalue weighted by atomic mass is 9.66. The molecule has 9 atom stereocenters. The van der Waals surface area contributed by atoms with Crippen molar-refractivity contribution in [2.24, 2.45) is 11.8 Å². The summed E-state index contributed by atoms with van der Waals surface area (Å²) in [5, 5.41) is 22.5. The van der Waals surface area contributed by atoms with Crippen LogP contribution in [0.2, 0.25) is 0 Å². The number of likely N-dealkylation sites (N-methyl/N-ethyl adjacent to an activating group) is 2. The molecule has 3 saturated heterocycles. The number of ether oxygens (including phenoxy) is 9. The highest BCUT2D eigenvalue weighted by atomic mass is 16.7. The molecule has 4 aliphatic heterocycles. The first-order valence-corrected chi connectivity index (χ1v) is 19.2. The van der Waals surface area contributed by atoms with Crippen LogP contribution < -0.4 is 23.7 Å². The van der Waals surface area contributed by atoms with E-state index in [9.17, 15) is 24.6 Å². The van der Waals surface area contributed by atoms with E-state index in [2.05, 4.69) is 0 Å². The summed E-state index contributed by atoms with van der Waals surface area (Å²) in [7, 11) is 6.01. The summed E-state index contributed by atoms with van der Waals surface area (Å²) in [5.74, 6) is -0.209. The predicted molar refractivity (Wildman–Crippen MR) is 196 cm³/mol. The number of benzene rings is 2. The lowest BCUT2D eigenvalue weighted by Crippen LogP contribution is -2.61. The molecule has 1 aliphatic carbocycles. The fourth-order valence-electron chi connectivity index (χ4n) is 8.57. The highest BCUT2D eigenvalue weighted by Gasteiger charge is 2.51. The lowest BCUT2D eigenvalue weighted by molar-refractivity contribution is -0.260. The van der Waals surface area contributed by atoms with Gasteiger partial charge in [-0.15, -0.1) is 0 Å². The number of hydrogen-bond acceptors (Lipinski definition) is 14. The zero-order valence-corrected chi connectivity index (χ0v) is 32.9. The van der Waals surface area contributed by atoms with Crippen molar-refractivity contribution in [3.8, 4) is 28.7 Å². The van der Waals surface area contributed by atoms with Crippen LogP contribution in [0.4, 0.5) is 9.59 Å². The van der Waals surface area contributed by atoms with Gasteiger partial charge in [0.05, 0.1) is 51.2 Å². The number of esters is 1. The van der Waals surface area contributed by atoms with Crippen molar-refractivity contribution in [3.05, 3.63) is 40.5 Å².